The second kappa shape index (κ2) is 8.05. The number of hydrogen-bond donors (Lipinski definition) is 2. The van der Waals surface area contributed by atoms with E-state index in [1.165, 1.54) is 11.3 Å². The lowest BCUT2D eigenvalue weighted by atomic mass is 10.4. The van der Waals surface area contributed by atoms with E-state index in [1.54, 1.807) is 18.6 Å². The summed E-state index contributed by atoms with van der Waals surface area (Å²) in [4.78, 5) is 12.3. The second-order valence-corrected chi connectivity index (χ2v) is 4.21. The largest absolute Gasteiger partial charge is 0.496 e. The minimum atomic E-state index is -0.0968. The molecule has 0 fully saturated rings. The van der Waals surface area contributed by atoms with Gasteiger partial charge in [-0.25, -0.2) is 0 Å². The van der Waals surface area contributed by atoms with Gasteiger partial charge in [0.2, 0.25) is 0 Å². The van der Waals surface area contributed by atoms with Crippen LogP contribution in [0.25, 0.3) is 0 Å². The molecule has 1 aromatic rings. The van der Waals surface area contributed by atoms with Gasteiger partial charge < -0.3 is 19.9 Å². The number of nitrogens with one attached hydrogen (secondary N) is 1. The molecular weight excluding hydrogens is 242 g/mol. The summed E-state index contributed by atoms with van der Waals surface area (Å²) in [6.07, 6.45) is 0.730. The van der Waals surface area contributed by atoms with Crippen LogP contribution < -0.4 is 10.1 Å². The molecular formula is C11H17NO4S. The molecule has 17 heavy (non-hydrogen) atoms. The van der Waals surface area contributed by atoms with E-state index in [0.717, 1.165) is 6.42 Å². The lowest BCUT2D eigenvalue weighted by Crippen LogP contribution is -2.24. The lowest BCUT2D eigenvalue weighted by Gasteiger charge is -2.04. The van der Waals surface area contributed by atoms with Gasteiger partial charge in [0, 0.05) is 24.6 Å². The summed E-state index contributed by atoms with van der Waals surface area (Å²) in [6, 6.07) is 1.71. The molecule has 0 saturated carbocycles. The Kier molecular flexibility index (Phi) is 6.61. The summed E-state index contributed by atoms with van der Waals surface area (Å²) in [5.74, 6) is 0.604. The zero-order chi connectivity index (χ0) is 12.5. The van der Waals surface area contributed by atoms with Gasteiger partial charge in [-0.3, -0.25) is 4.79 Å². The first kappa shape index (κ1) is 14.0. The summed E-state index contributed by atoms with van der Waals surface area (Å²) < 4.78 is 10.1. The molecule has 0 unspecified atom stereocenters. The van der Waals surface area contributed by atoms with Crippen molar-refractivity contribution in [2.24, 2.45) is 0 Å². The van der Waals surface area contributed by atoms with Crippen LogP contribution in [0.3, 0.4) is 0 Å². The molecule has 0 radical (unpaired) electrons. The molecule has 0 aliphatic heterocycles. The SMILES string of the molecule is COc1csc(C(=O)NCCCOCCO)c1. The van der Waals surface area contributed by atoms with Crippen LogP contribution in [0.1, 0.15) is 16.1 Å². The van der Waals surface area contributed by atoms with Crippen LogP contribution >= 0.6 is 11.3 Å². The van der Waals surface area contributed by atoms with E-state index in [0.29, 0.717) is 30.4 Å². The quantitative estimate of drug-likeness (QED) is 0.680. The Morgan fingerprint density at radius 3 is 3.00 bits per heavy atom. The lowest BCUT2D eigenvalue weighted by molar-refractivity contribution is 0.0869. The molecule has 0 atom stereocenters. The van der Waals surface area contributed by atoms with Gasteiger partial charge in [0.15, 0.2) is 0 Å². The smallest absolute Gasteiger partial charge is 0.261 e. The third-order valence-corrected chi connectivity index (χ3v) is 2.93. The fraction of sp³-hybridized carbons (Fsp3) is 0.545. The molecule has 6 heteroatoms. The van der Waals surface area contributed by atoms with Gasteiger partial charge in [0.25, 0.3) is 5.91 Å². The van der Waals surface area contributed by atoms with Crippen molar-refractivity contribution in [2.45, 2.75) is 6.42 Å². The van der Waals surface area contributed by atoms with E-state index < -0.39 is 0 Å². The number of methoxy groups -OCH3 is 1. The van der Waals surface area contributed by atoms with E-state index in [4.69, 9.17) is 14.6 Å². The van der Waals surface area contributed by atoms with Crippen LogP contribution in [0.5, 0.6) is 5.75 Å². The third-order valence-electron chi connectivity index (χ3n) is 2.02. The fourth-order valence-electron chi connectivity index (χ4n) is 1.17. The van der Waals surface area contributed by atoms with Crippen molar-refractivity contribution < 1.29 is 19.4 Å². The van der Waals surface area contributed by atoms with Crippen LogP contribution in [-0.4, -0.2) is 44.5 Å². The number of carbonyl (C=O) groups excluding carboxylic acids is 1. The molecule has 0 bridgehead atoms. The van der Waals surface area contributed by atoms with Gasteiger partial charge in [-0.2, -0.15) is 0 Å². The predicted molar refractivity (Wildman–Crippen MR) is 65.7 cm³/mol. The summed E-state index contributed by atoms with van der Waals surface area (Å²) in [6.45, 7) is 1.47. The standard InChI is InChI=1S/C11H17NO4S/c1-15-9-7-10(17-8-9)11(14)12-3-2-5-16-6-4-13/h7-8,13H,2-6H2,1H3,(H,12,14). The van der Waals surface area contributed by atoms with Crippen LogP contribution in [0.15, 0.2) is 11.4 Å². The summed E-state index contributed by atoms with van der Waals surface area (Å²) >= 11 is 1.35. The highest BCUT2D eigenvalue weighted by Crippen LogP contribution is 2.20. The number of carbonyl (C=O) groups is 1. The van der Waals surface area contributed by atoms with Gasteiger partial charge >= 0.3 is 0 Å². The zero-order valence-electron chi connectivity index (χ0n) is 9.77. The Labute approximate surface area is 104 Å². The maximum Gasteiger partial charge on any atom is 0.261 e. The van der Waals surface area contributed by atoms with Crippen LogP contribution in [0, 0.1) is 0 Å². The van der Waals surface area contributed by atoms with Gasteiger partial charge in [-0.15, -0.1) is 11.3 Å². The Hall–Kier alpha value is -1.11. The average molecular weight is 259 g/mol. The molecule has 0 aromatic carbocycles. The Bertz CT molecular complexity index is 340. The third kappa shape index (κ3) is 5.16. The molecule has 1 heterocycles. The molecule has 1 rings (SSSR count). The number of hydrogen-bond acceptors (Lipinski definition) is 5. The Morgan fingerprint density at radius 1 is 1.53 bits per heavy atom. The van der Waals surface area contributed by atoms with E-state index >= 15 is 0 Å². The minimum absolute atomic E-state index is 0.0291. The molecule has 1 amide bonds. The highest BCUT2D eigenvalue weighted by molar-refractivity contribution is 7.12. The molecule has 0 saturated heterocycles. The Balaban J connectivity index is 2.16. The van der Waals surface area contributed by atoms with Crippen molar-refractivity contribution in [1.29, 1.82) is 0 Å². The van der Waals surface area contributed by atoms with Crippen LogP contribution in [-0.2, 0) is 4.74 Å². The summed E-state index contributed by atoms with van der Waals surface area (Å²) in [7, 11) is 1.57. The maximum atomic E-state index is 11.6. The van der Waals surface area contributed by atoms with E-state index in [1.807, 2.05) is 0 Å². The molecule has 2 N–H and O–H groups in total. The first-order valence-corrected chi connectivity index (χ1v) is 6.25. The van der Waals surface area contributed by atoms with Gasteiger partial charge in [-0.05, 0) is 6.42 Å². The van der Waals surface area contributed by atoms with Crippen molar-refractivity contribution in [3.63, 3.8) is 0 Å². The van der Waals surface area contributed by atoms with Crippen molar-refractivity contribution in [1.82, 2.24) is 5.32 Å². The maximum absolute atomic E-state index is 11.6. The normalized spacial score (nSPS) is 10.2. The summed E-state index contributed by atoms with van der Waals surface area (Å²) in [5, 5.41) is 13.1. The molecule has 0 aliphatic carbocycles. The minimum Gasteiger partial charge on any atom is -0.496 e. The first-order chi connectivity index (χ1) is 8.27. The number of ether oxygens (including phenoxy) is 2. The predicted octanol–water partition coefficient (Wildman–Crippen LogP) is 0.886. The van der Waals surface area contributed by atoms with Crippen molar-refractivity contribution in [2.75, 3.05) is 33.5 Å². The second-order valence-electron chi connectivity index (χ2n) is 3.30. The van der Waals surface area contributed by atoms with Gasteiger partial charge in [-0.1, -0.05) is 0 Å². The summed E-state index contributed by atoms with van der Waals surface area (Å²) in [5.41, 5.74) is 0. The Morgan fingerprint density at radius 2 is 2.35 bits per heavy atom. The van der Waals surface area contributed by atoms with Crippen molar-refractivity contribution in [3.05, 3.63) is 16.3 Å². The number of amides is 1. The number of thiophene rings is 1. The monoisotopic (exact) mass is 259 g/mol. The molecule has 0 spiro atoms. The van der Waals surface area contributed by atoms with E-state index in [-0.39, 0.29) is 12.5 Å². The molecule has 5 nitrogen and oxygen atoms in total. The van der Waals surface area contributed by atoms with Crippen molar-refractivity contribution in [3.8, 4) is 5.75 Å². The number of aliphatic hydroxyl groups excluding tert-OH is 1. The average Bonchev–Trinajstić information content (AvgIpc) is 2.82. The number of rotatable bonds is 8. The van der Waals surface area contributed by atoms with Gasteiger partial charge in [0.05, 0.1) is 25.2 Å². The topological polar surface area (TPSA) is 67.8 Å². The van der Waals surface area contributed by atoms with Crippen LogP contribution in [0.2, 0.25) is 0 Å². The van der Waals surface area contributed by atoms with Crippen molar-refractivity contribution >= 4 is 17.2 Å². The zero-order valence-corrected chi connectivity index (χ0v) is 10.6. The highest BCUT2D eigenvalue weighted by atomic mass is 32.1. The molecule has 1 aromatic heterocycles. The number of aliphatic hydroxyl groups is 1. The molecule has 96 valence electrons. The fourth-order valence-corrected chi connectivity index (χ4v) is 1.95. The van der Waals surface area contributed by atoms with E-state index in [2.05, 4.69) is 5.32 Å². The first-order valence-electron chi connectivity index (χ1n) is 5.37. The van der Waals surface area contributed by atoms with Gasteiger partial charge in [0.1, 0.15) is 5.75 Å². The highest BCUT2D eigenvalue weighted by Gasteiger charge is 2.08. The van der Waals surface area contributed by atoms with Crippen LogP contribution in [0.4, 0.5) is 0 Å². The molecule has 0 aliphatic rings. The van der Waals surface area contributed by atoms with E-state index in [9.17, 15) is 4.79 Å².